The van der Waals surface area contributed by atoms with Gasteiger partial charge in [-0.05, 0) is 48.8 Å². The van der Waals surface area contributed by atoms with Crippen molar-refractivity contribution in [1.82, 2.24) is 15.1 Å². The first-order chi connectivity index (χ1) is 14.1. The summed E-state index contributed by atoms with van der Waals surface area (Å²) in [6.07, 6.45) is 3.86. The van der Waals surface area contributed by atoms with Crippen LogP contribution in [0.4, 0.5) is 0 Å². The van der Waals surface area contributed by atoms with Crippen molar-refractivity contribution < 1.29 is 19.1 Å². The van der Waals surface area contributed by atoms with E-state index in [0.717, 1.165) is 50.4 Å². The number of likely N-dealkylation sites (tertiary alicyclic amines) is 1. The molecule has 4 aliphatic heterocycles. The van der Waals surface area contributed by atoms with E-state index in [2.05, 4.69) is 27.2 Å². The second-order valence-corrected chi connectivity index (χ2v) is 8.90. The first-order valence-corrected chi connectivity index (χ1v) is 10.7. The smallest absolute Gasteiger partial charge is 0.231 e. The van der Waals surface area contributed by atoms with Crippen molar-refractivity contribution in [1.29, 1.82) is 0 Å². The summed E-state index contributed by atoms with van der Waals surface area (Å²) < 4.78 is 11.0. The van der Waals surface area contributed by atoms with E-state index in [1.54, 1.807) is 6.92 Å². The van der Waals surface area contributed by atoms with Gasteiger partial charge in [0.05, 0.1) is 6.04 Å². The zero-order chi connectivity index (χ0) is 20.0. The van der Waals surface area contributed by atoms with E-state index in [0.29, 0.717) is 37.6 Å². The summed E-state index contributed by atoms with van der Waals surface area (Å²) in [7, 11) is 0. The zero-order valence-corrected chi connectivity index (χ0v) is 16.9. The summed E-state index contributed by atoms with van der Waals surface area (Å²) in [5.74, 6) is 2.80. The van der Waals surface area contributed by atoms with Gasteiger partial charge in [0.15, 0.2) is 11.5 Å². The number of hydrogen-bond donors (Lipinski definition) is 1. The Kier molecular flexibility index (Phi) is 4.86. The number of fused-ring (bicyclic) bond motifs is 5. The van der Waals surface area contributed by atoms with Crippen LogP contribution in [0.1, 0.15) is 38.2 Å². The number of benzene rings is 1. The van der Waals surface area contributed by atoms with Crippen molar-refractivity contribution in [2.45, 2.75) is 51.2 Å². The summed E-state index contributed by atoms with van der Waals surface area (Å²) >= 11 is 0. The maximum atomic E-state index is 12.8. The minimum atomic E-state index is -0.0267. The summed E-state index contributed by atoms with van der Waals surface area (Å²) in [6, 6.07) is 6.60. The molecule has 1 aromatic carbocycles. The molecule has 7 nitrogen and oxygen atoms in total. The first-order valence-electron chi connectivity index (χ1n) is 10.7. The highest BCUT2D eigenvalue weighted by molar-refractivity contribution is 5.78. The number of piperidine rings is 3. The zero-order valence-electron chi connectivity index (χ0n) is 16.9. The van der Waals surface area contributed by atoms with Gasteiger partial charge < -0.3 is 19.7 Å². The first kappa shape index (κ1) is 18.7. The molecule has 0 spiro atoms. The van der Waals surface area contributed by atoms with E-state index in [4.69, 9.17) is 9.47 Å². The summed E-state index contributed by atoms with van der Waals surface area (Å²) in [6.45, 7) is 5.25. The van der Waals surface area contributed by atoms with Crippen LogP contribution in [0.25, 0.3) is 0 Å². The summed E-state index contributed by atoms with van der Waals surface area (Å²) in [5, 5.41) is 2.98. The topological polar surface area (TPSA) is 71.1 Å². The average molecular weight is 399 g/mol. The minimum Gasteiger partial charge on any atom is -0.454 e. The van der Waals surface area contributed by atoms with Gasteiger partial charge in [-0.15, -0.1) is 0 Å². The second kappa shape index (κ2) is 7.52. The Morgan fingerprint density at radius 1 is 1.21 bits per heavy atom. The van der Waals surface area contributed by atoms with Crippen molar-refractivity contribution in [3.05, 3.63) is 23.8 Å². The Hall–Kier alpha value is -2.28. The summed E-state index contributed by atoms with van der Waals surface area (Å²) in [5.41, 5.74) is 1.23. The molecule has 2 amide bonds. The molecular weight excluding hydrogens is 370 g/mol. The van der Waals surface area contributed by atoms with Crippen LogP contribution in [0.2, 0.25) is 0 Å². The second-order valence-electron chi connectivity index (χ2n) is 8.90. The molecule has 0 aliphatic carbocycles. The minimum absolute atomic E-state index is 0.0267. The number of hydrogen-bond acceptors (Lipinski definition) is 5. The van der Waals surface area contributed by atoms with Crippen LogP contribution in [-0.4, -0.2) is 60.1 Å². The van der Waals surface area contributed by atoms with Gasteiger partial charge >= 0.3 is 0 Å². The molecule has 0 saturated carbocycles. The molecule has 29 heavy (non-hydrogen) atoms. The molecule has 5 rings (SSSR count). The van der Waals surface area contributed by atoms with Gasteiger partial charge in [-0.1, -0.05) is 6.07 Å². The lowest BCUT2D eigenvalue weighted by molar-refractivity contribution is -0.153. The SMILES string of the molecule is CC(=O)NC[C@H]1[C@H]2C[C@H](CN(Cc3ccc4c(c3)OCO4)C2)[C@@H]2CCCC(=O)N21. The van der Waals surface area contributed by atoms with Crippen LogP contribution in [0, 0.1) is 11.8 Å². The van der Waals surface area contributed by atoms with Gasteiger partial charge in [0.25, 0.3) is 0 Å². The normalized spacial score (nSPS) is 30.8. The predicted octanol–water partition coefficient (Wildman–Crippen LogP) is 1.75. The average Bonchev–Trinajstić information content (AvgIpc) is 3.16. The maximum Gasteiger partial charge on any atom is 0.231 e. The van der Waals surface area contributed by atoms with E-state index in [9.17, 15) is 9.59 Å². The Morgan fingerprint density at radius 3 is 2.90 bits per heavy atom. The monoisotopic (exact) mass is 399 g/mol. The van der Waals surface area contributed by atoms with E-state index in [1.165, 1.54) is 5.56 Å². The van der Waals surface area contributed by atoms with Crippen molar-refractivity contribution in [2.24, 2.45) is 11.8 Å². The Bertz CT molecular complexity index is 813. The third-order valence-electron chi connectivity index (χ3n) is 6.98. The van der Waals surface area contributed by atoms with E-state index in [1.807, 2.05) is 6.07 Å². The number of nitrogens with zero attached hydrogens (tertiary/aromatic N) is 2. The molecule has 4 aliphatic rings. The molecular formula is C22H29N3O4. The van der Waals surface area contributed by atoms with Crippen molar-refractivity contribution in [2.75, 3.05) is 26.4 Å². The highest BCUT2D eigenvalue weighted by atomic mass is 16.7. The molecule has 7 heteroatoms. The fourth-order valence-corrected chi connectivity index (χ4v) is 5.81. The number of rotatable bonds is 4. The lowest BCUT2D eigenvalue weighted by Gasteiger charge is -2.56. The molecule has 1 aromatic rings. The van der Waals surface area contributed by atoms with Gasteiger partial charge in [0, 0.05) is 45.6 Å². The van der Waals surface area contributed by atoms with Crippen LogP contribution < -0.4 is 14.8 Å². The number of nitrogens with one attached hydrogen (secondary N) is 1. The van der Waals surface area contributed by atoms with E-state index >= 15 is 0 Å². The lowest BCUT2D eigenvalue weighted by Crippen LogP contribution is -2.66. The van der Waals surface area contributed by atoms with E-state index in [-0.39, 0.29) is 17.9 Å². The van der Waals surface area contributed by atoms with Gasteiger partial charge in [-0.3, -0.25) is 14.5 Å². The van der Waals surface area contributed by atoms with Crippen LogP contribution in [0.15, 0.2) is 18.2 Å². The molecule has 0 unspecified atom stereocenters. The molecule has 156 valence electrons. The fraction of sp³-hybridized carbons (Fsp3) is 0.636. The molecule has 2 bridgehead atoms. The van der Waals surface area contributed by atoms with Crippen molar-refractivity contribution in [3.8, 4) is 11.5 Å². The quantitative estimate of drug-likeness (QED) is 0.835. The Morgan fingerprint density at radius 2 is 2.03 bits per heavy atom. The van der Waals surface area contributed by atoms with Crippen LogP contribution in [0.3, 0.4) is 0 Å². The highest BCUT2D eigenvalue weighted by Gasteiger charge is 2.49. The Balaban J connectivity index is 1.35. The molecule has 3 fully saturated rings. The van der Waals surface area contributed by atoms with Crippen molar-refractivity contribution in [3.63, 3.8) is 0 Å². The van der Waals surface area contributed by atoms with Gasteiger partial charge in [0.2, 0.25) is 18.6 Å². The Labute approximate surface area is 171 Å². The molecule has 4 heterocycles. The van der Waals surface area contributed by atoms with Gasteiger partial charge in [-0.25, -0.2) is 0 Å². The third-order valence-corrected chi connectivity index (χ3v) is 6.98. The standard InChI is InChI=1S/C22H29N3O4/c1-14(26)23-9-19-17-8-16(18-3-2-4-22(27)25(18)19)11-24(12-17)10-15-5-6-20-21(7-15)29-13-28-20/h5-7,16-19H,2-4,8-13H2,1H3,(H,23,26)/t16-,17+,18+,19+/m1/s1. The predicted molar refractivity (Wildman–Crippen MR) is 106 cm³/mol. The van der Waals surface area contributed by atoms with Crippen molar-refractivity contribution >= 4 is 11.8 Å². The van der Waals surface area contributed by atoms with Gasteiger partial charge in [-0.2, -0.15) is 0 Å². The molecule has 0 radical (unpaired) electrons. The molecule has 3 saturated heterocycles. The maximum absolute atomic E-state index is 12.8. The largest absolute Gasteiger partial charge is 0.454 e. The number of carbonyl (C=O) groups excluding carboxylic acids is 2. The molecule has 1 N–H and O–H groups in total. The fourth-order valence-electron chi connectivity index (χ4n) is 5.81. The lowest BCUT2D eigenvalue weighted by atomic mass is 9.72. The van der Waals surface area contributed by atoms with Crippen LogP contribution in [-0.2, 0) is 16.1 Å². The van der Waals surface area contributed by atoms with E-state index < -0.39 is 0 Å². The van der Waals surface area contributed by atoms with Crippen LogP contribution in [0.5, 0.6) is 11.5 Å². The number of amides is 2. The van der Waals surface area contributed by atoms with Crippen LogP contribution >= 0.6 is 0 Å². The number of carbonyl (C=O) groups is 2. The van der Waals surface area contributed by atoms with Gasteiger partial charge in [0.1, 0.15) is 0 Å². The number of ether oxygens (including phenoxy) is 2. The molecule has 4 atom stereocenters. The highest BCUT2D eigenvalue weighted by Crippen LogP contribution is 2.42. The summed E-state index contributed by atoms with van der Waals surface area (Å²) in [4.78, 5) is 29.0. The third kappa shape index (κ3) is 3.56. The molecule has 0 aromatic heterocycles.